The molecule has 1 fully saturated rings. The lowest BCUT2D eigenvalue weighted by Crippen LogP contribution is -2.71. The van der Waals surface area contributed by atoms with Crippen LogP contribution in [0.25, 0.3) is 0 Å². The van der Waals surface area contributed by atoms with E-state index in [9.17, 15) is 24.3 Å². The highest BCUT2D eigenvalue weighted by atomic mass is 32.2. The van der Waals surface area contributed by atoms with Crippen LogP contribution in [-0.4, -0.2) is 89.8 Å². The van der Waals surface area contributed by atoms with Gasteiger partial charge in [-0.2, -0.15) is 0 Å². The molecular weight excluding hydrogens is 591 g/mol. The van der Waals surface area contributed by atoms with Crippen LogP contribution in [0.15, 0.2) is 31.7 Å². The molecule has 1 unspecified atom stereocenters. The summed E-state index contributed by atoms with van der Waals surface area (Å²) in [7, 11) is 0. The molecule has 2 aromatic rings. The van der Waals surface area contributed by atoms with E-state index in [1.54, 1.807) is 26.3 Å². The van der Waals surface area contributed by atoms with Crippen molar-refractivity contribution in [3.8, 4) is 0 Å². The number of amides is 2. The average Bonchev–Trinajstić information content (AvgIpc) is 3.53. The summed E-state index contributed by atoms with van der Waals surface area (Å²) in [5, 5.41) is 24.9. The maximum Gasteiger partial charge on any atom is 0.352 e. The number of oxime groups is 1. The molecule has 2 aliphatic rings. The SMILES string of the molecule is CC(C)(C)OC(=O)CON=C(C(=O)NC1C(=O)N2C(C(=O)O)=C(CSc3nncs3)CS[C@@H]12)c1csc(N)n1. The van der Waals surface area contributed by atoms with E-state index >= 15 is 0 Å². The number of fused-ring (bicyclic) bond motifs is 1. The number of ether oxygens (including phenoxy) is 1. The molecule has 208 valence electrons. The van der Waals surface area contributed by atoms with Gasteiger partial charge in [0.25, 0.3) is 11.8 Å². The third-order valence-electron chi connectivity index (χ3n) is 4.98. The summed E-state index contributed by atoms with van der Waals surface area (Å²) < 4.78 is 5.83. The molecule has 39 heavy (non-hydrogen) atoms. The number of thiazole rings is 1. The Morgan fingerprint density at radius 3 is 2.72 bits per heavy atom. The third kappa shape index (κ3) is 6.87. The zero-order valence-electron chi connectivity index (χ0n) is 20.8. The highest BCUT2D eigenvalue weighted by Crippen LogP contribution is 2.41. The Hall–Kier alpha value is -3.22. The average molecular weight is 614 g/mol. The number of aromatic nitrogens is 3. The smallest absolute Gasteiger partial charge is 0.352 e. The summed E-state index contributed by atoms with van der Waals surface area (Å²) in [6.07, 6.45) is 0. The van der Waals surface area contributed by atoms with Gasteiger partial charge in [-0.3, -0.25) is 14.5 Å². The monoisotopic (exact) mass is 613 g/mol. The maximum atomic E-state index is 13.2. The Labute approximate surface area is 238 Å². The number of esters is 1. The summed E-state index contributed by atoms with van der Waals surface area (Å²) in [5.41, 5.74) is 6.78. The Bertz CT molecular complexity index is 1340. The van der Waals surface area contributed by atoms with Gasteiger partial charge in [0.2, 0.25) is 6.61 Å². The van der Waals surface area contributed by atoms with Crippen LogP contribution < -0.4 is 11.1 Å². The number of thioether (sulfide) groups is 2. The molecule has 4 N–H and O–H groups in total. The molecule has 2 amide bonds. The van der Waals surface area contributed by atoms with Gasteiger partial charge in [-0.05, 0) is 26.3 Å². The molecule has 2 aromatic heterocycles. The minimum Gasteiger partial charge on any atom is -0.477 e. The summed E-state index contributed by atoms with van der Waals surface area (Å²) in [4.78, 5) is 60.5. The predicted octanol–water partition coefficient (Wildman–Crippen LogP) is 1.17. The summed E-state index contributed by atoms with van der Waals surface area (Å²) in [5.74, 6) is -2.64. The van der Waals surface area contributed by atoms with Gasteiger partial charge in [-0.15, -0.1) is 33.3 Å². The number of carboxylic acid groups (broad SMARTS) is 1. The lowest BCUT2D eigenvalue weighted by Gasteiger charge is -2.49. The minimum atomic E-state index is -1.23. The van der Waals surface area contributed by atoms with Crippen molar-refractivity contribution >= 4 is 80.8 Å². The van der Waals surface area contributed by atoms with Gasteiger partial charge in [0, 0.05) is 16.9 Å². The molecule has 0 spiro atoms. The molecule has 0 aliphatic carbocycles. The number of carbonyl (C=O) groups excluding carboxylic acids is 3. The zero-order chi connectivity index (χ0) is 28.3. The van der Waals surface area contributed by atoms with Crippen LogP contribution >= 0.6 is 46.2 Å². The van der Waals surface area contributed by atoms with Gasteiger partial charge in [0.1, 0.15) is 33.9 Å². The number of nitrogens with one attached hydrogen (secondary N) is 1. The third-order valence-corrected chi connectivity index (χ3v) is 8.94. The standard InChI is InChI=1S/C21H23N7O7S4/c1-21(2,3)35-11(29)4-34-27-12(10-7-37-19(22)24-10)15(30)25-13-16(31)28-14(18(32)33)9(5-36-17(13)28)6-38-20-26-23-8-39-20/h7-8,13,17H,4-6H2,1-3H3,(H2,22,24)(H,25,30)(H,32,33)/t13?,17-/m0/s1. The molecule has 2 atom stereocenters. The Morgan fingerprint density at radius 1 is 1.33 bits per heavy atom. The number of hydrogen-bond acceptors (Lipinski definition) is 15. The van der Waals surface area contributed by atoms with Crippen molar-refractivity contribution in [2.24, 2.45) is 5.16 Å². The van der Waals surface area contributed by atoms with Crippen LogP contribution in [0, 0.1) is 0 Å². The number of rotatable bonds is 10. The van der Waals surface area contributed by atoms with Crippen molar-refractivity contribution in [2.45, 2.75) is 42.1 Å². The molecule has 14 nitrogen and oxygen atoms in total. The molecule has 0 radical (unpaired) electrons. The molecule has 1 saturated heterocycles. The first-order valence-electron chi connectivity index (χ1n) is 11.2. The molecule has 0 aromatic carbocycles. The molecule has 4 rings (SSSR count). The van der Waals surface area contributed by atoms with Crippen LogP contribution in [0.2, 0.25) is 0 Å². The normalized spacial score (nSPS) is 19.3. The number of β-lactam (4-membered cyclic amide) rings is 1. The molecule has 0 saturated carbocycles. The highest BCUT2D eigenvalue weighted by Gasteiger charge is 2.54. The van der Waals surface area contributed by atoms with Gasteiger partial charge >= 0.3 is 11.9 Å². The number of anilines is 1. The molecule has 0 bridgehead atoms. The summed E-state index contributed by atoms with van der Waals surface area (Å²) in [6.45, 7) is 4.52. The molecule has 18 heteroatoms. The minimum absolute atomic E-state index is 0.0845. The largest absolute Gasteiger partial charge is 0.477 e. The highest BCUT2D eigenvalue weighted by molar-refractivity contribution is 8.01. The zero-order valence-corrected chi connectivity index (χ0v) is 24.0. The number of nitrogens with two attached hydrogens (primary N) is 1. The summed E-state index contributed by atoms with van der Waals surface area (Å²) >= 11 is 5.06. The maximum absolute atomic E-state index is 13.2. The van der Waals surface area contributed by atoms with Crippen molar-refractivity contribution in [2.75, 3.05) is 23.8 Å². The summed E-state index contributed by atoms with van der Waals surface area (Å²) in [6, 6.07) is -1.01. The quantitative estimate of drug-likeness (QED) is 0.113. The molecular formula is C21H23N7O7S4. The van der Waals surface area contributed by atoms with E-state index in [1.807, 2.05) is 0 Å². The molecule has 2 aliphatic heterocycles. The van der Waals surface area contributed by atoms with Crippen molar-refractivity contribution in [1.29, 1.82) is 0 Å². The fourth-order valence-corrected chi connectivity index (χ4v) is 7.02. The number of nitrogen functional groups attached to an aromatic ring is 1. The van der Waals surface area contributed by atoms with Gasteiger partial charge in [0.05, 0.1) is 0 Å². The second kappa shape index (κ2) is 11.9. The van der Waals surface area contributed by atoms with E-state index in [4.69, 9.17) is 15.3 Å². The topological polar surface area (TPSA) is 199 Å². The van der Waals surface area contributed by atoms with E-state index in [2.05, 4.69) is 25.7 Å². The van der Waals surface area contributed by atoms with Crippen LogP contribution in [0.3, 0.4) is 0 Å². The Kier molecular flexibility index (Phi) is 8.77. The number of hydrogen-bond donors (Lipinski definition) is 3. The second-order valence-electron chi connectivity index (χ2n) is 8.98. The first kappa shape index (κ1) is 28.8. The predicted molar refractivity (Wildman–Crippen MR) is 145 cm³/mol. The van der Waals surface area contributed by atoms with Crippen molar-refractivity contribution in [3.05, 3.63) is 27.9 Å². The van der Waals surface area contributed by atoms with Crippen molar-refractivity contribution in [3.63, 3.8) is 0 Å². The van der Waals surface area contributed by atoms with Gasteiger partial charge < -0.3 is 25.7 Å². The van der Waals surface area contributed by atoms with Gasteiger partial charge in [0.15, 0.2) is 15.2 Å². The van der Waals surface area contributed by atoms with Crippen LogP contribution in [-0.2, 0) is 28.8 Å². The second-order valence-corrected chi connectivity index (χ2v) is 13.0. The van der Waals surface area contributed by atoms with E-state index in [0.717, 1.165) is 11.3 Å². The van der Waals surface area contributed by atoms with E-state index in [0.29, 0.717) is 21.4 Å². The van der Waals surface area contributed by atoms with Gasteiger partial charge in [-0.25, -0.2) is 14.6 Å². The Balaban J connectivity index is 1.46. The lowest BCUT2D eigenvalue weighted by atomic mass is 10.0. The van der Waals surface area contributed by atoms with Crippen molar-refractivity contribution in [1.82, 2.24) is 25.4 Å². The van der Waals surface area contributed by atoms with E-state index in [-0.39, 0.29) is 22.2 Å². The number of nitrogens with zero attached hydrogens (tertiary/aromatic N) is 5. The fourth-order valence-electron chi connectivity index (χ4n) is 3.50. The van der Waals surface area contributed by atoms with Crippen LogP contribution in [0.1, 0.15) is 26.5 Å². The number of carbonyl (C=O) groups is 4. The first-order chi connectivity index (χ1) is 18.4. The van der Waals surface area contributed by atoms with Crippen LogP contribution in [0.4, 0.5) is 5.13 Å². The molecule has 4 heterocycles. The first-order valence-corrected chi connectivity index (χ1v) is 15.0. The fraction of sp³-hybridized carbons (Fsp3) is 0.429. The van der Waals surface area contributed by atoms with Crippen molar-refractivity contribution < 1.29 is 33.9 Å². The van der Waals surface area contributed by atoms with E-state index < -0.39 is 47.4 Å². The Morgan fingerprint density at radius 2 is 2.10 bits per heavy atom. The van der Waals surface area contributed by atoms with E-state index in [1.165, 1.54) is 45.1 Å². The van der Waals surface area contributed by atoms with Crippen LogP contribution in [0.5, 0.6) is 0 Å². The number of aliphatic carboxylic acids is 1. The number of carboxylic acids is 1. The van der Waals surface area contributed by atoms with Gasteiger partial charge in [-0.1, -0.05) is 28.3 Å². The lowest BCUT2D eigenvalue weighted by molar-refractivity contribution is -0.160.